The highest BCUT2D eigenvalue weighted by Gasteiger charge is 2.21. The molecule has 0 aliphatic heterocycles. The Balaban J connectivity index is 1.40. The number of rotatable bonds is 4. The smallest absolute Gasteiger partial charge is 0.229 e. The van der Waals surface area contributed by atoms with Gasteiger partial charge in [0.2, 0.25) is 5.91 Å². The predicted octanol–water partition coefficient (Wildman–Crippen LogP) is 5.61. The molecule has 9 heteroatoms. The summed E-state index contributed by atoms with van der Waals surface area (Å²) < 4.78 is 0. The molecule has 0 bridgehead atoms. The van der Waals surface area contributed by atoms with Gasteiger partial charge in [-0.1, -0.05) is 26.8 Å². The van der Waals surface area contributed by atoms with Crippen molar-refractivity contribution in [2.45, 2.75) is 20.8 Å². The molecule has 0 radical (unpaired) electrons. The highest BCUT2D eigenvalue weighted by atomic mass is 16.2. The van der Waals surface area contributed by atoms with Crippen molar-refractivity contribution in [2.75, 3.05) is 5.32 Å². The van der Waals surface area contributed by atoms with E-state index in [1.54, 1.807) is 24.8 Å². The van der Waals surface area contributed by atoms with Crippen LogP contribution in [-0.2, 0) is 4.79 Å². The summed E-state index contributed by atoms with van der Waals surface area (Å²) in [6.07, 6.45) is 6.89. The topological polar surface area (TPSA) is 125 Å². The molecule has 1 amide bonds. The molecular weight excluding hydrogens is 464 g/mol. The monoisotopic (exact) mass is 488 g/mol. The zero-order valence-corrected chi connectivity index (χ0v) is 20.6. The lowest BCUT2D eigenvalue weighted by Gasteiger charge is -2.17. The van der Waals surface area contributed by atoms with Gasteiger partial charge in [0.1, 0.15) is 11.2 Å². The second-order valence-corrected chi connectivity index (χ2v) is 9.85. The van der Waals surface area contributed by atoms with Gasteiger partial charge in [-0.2, -0.15) is 5.10 Å². The second-order valence-electron chi connectivity index (χ2n) is 9.85. The molecule has 37 heavy (non-hydrogen) atoms. The van der Waals surface area contributed by atoms with Crippen LogP contribution in [0.5, 0.6) is 0 Å². The number of pyridine rings is 4. The largest absolute Gasteiger partial charge is 0.353 e. The van der Waals surface area contributed by atoms with Gasteiger partial charge in [0.15, 0.2) is 0 Å². The molecule has 6 aromatic heterocycles. The van der Waals surface area contributed by atoms with E-state index in [9.17, 15) is 4.79 Å². The van der Waals surface area contributed by atoms with Gasteiger partial charge in [0, 0.05) is 40.5 Å². The molecule has 182 valence electrons. The van der Waals surface area contributed by atoms with Gasteiger partial charge in [-0.25, -0.2) is 4.98 Å². The first-order valence-electron chi connectivity index (χ1n) is 11.9. The Labute approximate surface area is 212 Å². The zero-order chi connectivity index (χ0) is 25.6. The molecule has 0 aliphatic rings. The normalized spacial score (nSPS) is 11.8. The summed E-state index contributed by atoms with van der Waals surface area (Å²) in [4.78, 5) is 34.1. The fourth-order valence-corrected chi connectivity index (χ4v) is 4.10. The maximum absolute atomic E-state index is 12.4. The third kappa shape index (κ3) is 4.20. The van der Waals surface area contributed by atoms with Crippen LogP contribution in [-0.4, -0.2) is 41.0 Å². The minimum atomic E-state index is -0.510. The summed E-state index contributed by atoms with van der Waals surface area (Å²) in [5.41, 5.74) is 7.22. The number of H-pyrrole nitrogens is 2. The third-order valence-electron chi connectivity index (χ3n) is 6.09. The minimum absolute atomic E-state index is 0.0784. The highest BCUT2D eigenvalue weighted by Crippen LogP contribution is 2.32. The molecular formula is C28H24N8O. The molecule has 6 aromatic rings. The first-order valence-corrected chi connectivity index (χ1v) is 11.9. The van der Waals surface area contributed by atoms with Gasteiger partial charge >= 0.3 is 0 Å². The van der Waals surface area contributed by atoms with Crippen LogP contribution < -0.4 is 5.32 Å². The molecule has 0 fully saturated rings. The zero-order valence-electron chi connectivity index (χ0n) is 20.6. The van der Waals surface area contributed by atoms with Gasteiger partial charge in [-0.3, -0.25) is 24.8 Å². The predicted molar refractivity (Wildman–Crippen MR) is 144 cm³/mol. The van der Waals surface area contributed by atoms with Crippen LogP contribution in [0.25, 0.3) is 56.0 Å². The van der Waals surface area contributed by atoms with E-state index in [-0.39, 0.29) is 5.91 Å². The minimum Gasteiger partial charge on any atom is -0.353 e. The van der Waals surface area contributed by atoms with Crippen molar-refractivity contribution in [3.05, 3.63) is 73.3 Å². The second kappa shape index (κ2) is 8.63. The van der Waals surface area contributed by atoms with Crippen molar-refractivity contribution >= 4 is 33.5 Å². The Kier molecular flexibility index (Phi) is 5.26. The van der Waals surface area contributed by atoms with E-state index in [1.165, 1.54) is 0 Å². The molecule has 0 spiro atoms. The van der Waals surface area contributed by atoms with E-state index in [0.717, 1.165) is 50.3 Å². The summed E-state index contributed by atoms with van der Waals surface area (Å²) in [5, 5.41) is 11.5. The number of nitrogens with zero attached hydrogens (tertiary/aromatic N) is 5. The summed E-state index contributed by atoms with van der Waals surface area (Å²) >= 11 is 0. The number of anilines is 1. The number of carbonyl (C=O) groups excluding carboxylic acids is 1. The molecule has 9 nitrogen and oxygen atoms in total. The lowest BCUT2D eigenvalue weighted by molar-refractivity contribution is -0.123. The number of fused-ring (bicyclic) bond motifs is 2. The van der Waals surface area contributed by atoms with Crippen molar-refractivity contribution in [1.29, 1.82) is 0 Å². The van der Waals surface area contributed by atoms with Gasteiger partial charge in [0.25, 0.3) is 0 Å². The average molecular weight is 489 g/mol. The van der Waals surface area contributed by atoms with E-state index in [1.807, 2.05) is 69.3 Å². The molecule has 0 saturated heterocycles. The number of aromatic amines is 2. The van der Waals surface area contributed by atoms with Crippen molar-refractivity contribution in [3.8, 4) is 34.0 Å². The van der Waals surface area contributed by atoms with Crippen molar-refractivity contribution < 1.29 is 4.79 Å². The molecule has 0 unspecified atom stereocenters. The Morgan fingerprint density at radius 1 is 0.892 bits per heavy atom. The van der Waals surface area contributed by atoms with Crippen molar-refractivity contribution in [3.63, 3.8) is 0 Å². The van der Waals surface area contributed by atoms with E-state index in [0.29, 0.717) is 11.4 Å². The van der Waals surface area contributed by atoms with Gasteiger partial charge in [0.05, 0.1) is 40.2 Å². The highest BCUT2D eigenvalue weighted by molar-refractivity contribution is 5.99. The fraction of sp³-hybridized carbons (Fsp3) is 0.143. The number of amides is 1. The third-order valence-corrected chi connectivity index (χ3v) is 6.09. The van der Waals surface area contributed by atoms with E-state index >= 15 is 0 Å². The standard InChI is InChI=1S/C28H24N8O/c1-28(2,3)27(37)32-17-12-16(14-29-15-17)19-7-8-22-25(34-19)26(36-35-22)23-13-18-20(33-23)9-11-31-24(18)21-6-4-5-10-30-21/h4-15,33H,1-3H3,(H,32,37)(H,35,36). The Morgan fingerprint density at radius 2 is 1.78 bits per heavy atom. The molecule has 0 aromatic carbocycles. The molecule has 6 rings (SSSR count). The summed E-state index contributed by atoms with van der Waals surface area (Å²) in [6, 6.07) is 15.5. The summed E-state index contributed by atoms with van der Waals surface area (Å²) in [5.74, 6) is -0.0784. The lowest BCUT2D eigenvalue weighted by atomic mass is 9.95. The number of nitrogens with one attached hydrogen (secondary N) is 3. The van der Waals surface area contributed by atoms with Gasteiger partial charge in [-0.15, -0.1) is 0 Å². The SMILES string of the molecule is CC(C)(C)C(=O)Nc1cncc(-c2ccc3[nH]nc(-c4cc5c(-c6ccccn6)nccc5[nH]4)c3n2)c1. The van der Waals surface area contributed by atoms with E-state index in [2.05, 4.69) is 35.5 Å². The van der Waals surface area contributed by atoms with Crippen LogP contribution in [0.3, 0.4) is 0 Å². The van der Waals surface area contributed by atoms with Crippen LogP contribution in [0, 0.1) is 5.41 Å². The van der Waals surface area contributed by atoms with Crippen LogP contribution >= 0.6 is 0 Å². The van der Waals surface area contributed by atoms with E-state index in [4.69, 9.17) is 4.98 Å². The van der Waals surface area contributed by atoms with Crippen LogP contribution in [0.15, 0.2) is 73.3 Å². The summed E-state index contributed by atoms with van der Waals surface area (Å²) in [7, 11) is 0. The fourth-order valence-electron chi connectivity index (χ4n) is 4.10. The maximum atomic E-state index is 12.4. The van der Waals surface area contributed by atoms with E-state index < -0.39 is 5.41 Å². The Hall–Kier alpha value is -4.92. The summed E-state index contributed by atoms with van der Waals surface area (Å²) in [6.45, 7) is 5.61. The number of hydrogen-bond acceptors (Lipinski definition) is 6. The molecule has 0 aliphatic carbocycles. The Bertz CT molecular complexity index is 1760. The molecule has 0 atom stereocenters. The van der Waals surface area contributed by atoms with Crippen LogP contribution in [0.4, 0.5) is 5.69 Å². The quantitative estimate of drug-likeness (QED) is 0.296. The van der Waals surface area contributed by atoms with Gasteiger partial charge < -0.3 is 10.3 Å². The Morgan fingerprint density at radius 3 is 2.59 bits per heavy atom. The molecule has 0 saturated carbocycles. The first-order chi connectivity index (χ1) is 17.9. The average Bonchev–Trinajstić information content (AvgIpc) is 3.52. The van der Waals surface area contributed by atoms with Crippen LogP contribution in [0.1, 0.15) is 20.8 Å². The number of hydrogen-bond donors (Lipinski definition) is 3. The number of aromatic nitrogens is 7. The van der Waals surface area contributed by atoms with Crippen molar-refractivity contribution in [2.24, 2.45) is 5.41 Å². The van der Waals surface area contributed by atoms with Crippen LogP contribution in [0.2, 0.25) is 0 Å². The maximum Gasteiger partial charge on any atom is 0.229 e. The molecule has 6 heterocycles. The van der Waals surface area contributed by atoms with Crippen molar-refractivity contribution in [1.82, 2.24) is 35.1 Å². The number of carbonyl (C=O) groups is 1. The van der Waals surface area contributed by atoms with Gasteiger partial charge in [-0.05, 0) is 42.5 Å². The molecule has 3 N–H and O–H groups in total. The first kappa shape index (κ1) is 22.5. The lowest BCUT2D eigenvalue weighted by Crippen LogP contribution is -2.27.